The van der Waals surface area contributed by atoms with Crippen molar-refractivity contribution in [2.45, 2.75) is 0 Å². The Balaban J connectivity index is 2.21. The molecule has 0 aliphatic heterocycles. The van der Waals surface area contributed by atoms with Gasteiger partial charge in [0.15, 0.2) is 11.3 Å². The average Bonchev–Trinajstić information content (AvgIpc) is 3.14. The summed E-state index contributed by atoms with van der Waals surface area (Å²) in [5.74, 6) is 0.182. The van der Waals surface area contributed by atoms with E-state index in [2.05, 4.69) is 0 Å². The van der Waals surface area contributed by atoms with Crippen molar-refractivity contribution in [3.05, 3.63) is 72.3 Å². The molecule has 0 fully saturated rings. The van der Waals surface area contributed by atoms with Crippen LogP contribution in [0.3, 0.4) is 0 Å². The van der Waals surface area contributed by atoms with Gasteiger partial charge in [-0.05, 0) is 11.6 Å². The van der Waals surface area contributed by atoms with Gasteiger partial charge in [0, 0.05) is 16.5 Å². The fourth-order valence-corrected chi connectivity index (χ4v) is 3.42. The summed E-state index contributed by atoms with van der Waals surface area (Å²) in [4.78, 5) is 12.1. The first-order chi connectivity index (χ1) is 13.7. The molecule has 0 unspecified atom stereocenters. The average molecular weight is 374 g/mol. The van der Waals surface area contributed by atoms with E-state index in [-0.39, 0.29) is 5.56 Å². The van der Waals surface area contributed by atoms with E-state index in [0.717, 1.165) is 11.1 Å². The van der Waals surface area contributed by atoms with Crippen LogP contribution in [-0.2, 0) is 0 Å². The molecule has 28 heavy (non-hydrogen) atoms. The van der Waals surface area contributed by atoms with Gasteiger partial charge in [-0.1, -0.05) is 60.7 Å². The molecule has 5 heteroatoms. The number of ether oxygens (including phenoxy) is 2. The Bertz CT molecular complexity index is 1140. The van der Waals surface area contributed by atoms with E-state index in [0.29, 0.717) is 33.8 Å². The van der Waals surface area contributed by atoms with Gasteiger partial charge in [-0.25, -0.2) is 4.79 Å². The van der Waals surface area contributed by atoms with Gasteiger partial charge in [-0.3, -0.25) is 0 Å². The van der Waals surface area contributed by atoms with Crippen molar-refractivity contribution in [1.29, 1.82) is 0 Å². The largest absolute Gasteiger partial charge is 0.493 e. The fourth-order valence-electron chi connectivity index (χ4n) is 3.42. The van der Waals surface area contributed by atoms with Crippen molar-refractivity contribution in [3.63, 3.8) is 0 Å². The predicted molar refractivity (Wildman–Crippen MR) is 107 cm³/mol. The Kier molecular flexibility index (Phi) is 4.49. The molecule has 3 aromatic carbocycles. The zero-order valence-electron chi connectivity index (χ0n) is 15.4. The lowest BCUT2D eigenvalue weighted by molar-refractivity contribution is 0.0698. The molecule has 4 rings (SSSR count). The molecule has 0 aliphatic carbocycles. The number of fused-ring (bicyclic) bond motifs is 1. The van der Waals surface area contributed by atoms with Gasteiger partial charge >= 0.3 is 5.97 Å². The van der Waals surface area contributed by atoms with Crippen LogP contribution in [0.25, 0.3) is 33.4 Å². The van der Waals surface area contributed by atoms with Crippen LogP contribution >= 0.6 is 0 Å². The lowest BCUT2D eigenvalue weighted by Crippen LogP contribution is -2.00. The minimum Gasteiger partial charge on any atom is -0.493 e. The van der Waals surface area contributed by atoms with Crippen LogP contribution in [-0.4, -0.2) is 25.3 Å². The third-order valence-electron chi connectivity index (χ3n) is 4.64. The Labute approximate surface area is 161 Å². The monoisotopic (exact) mass is 374 g/mol. The van der Waals surface area contributed by atoms with E-state index in [9.17, 15) is 9.90 Å². The molecular formula is C23H18O5. The number of furan rings is 1. The topological polar surface area (TPSA) is 68.9 Å². The minimum atomic E-state index is -1.07. The summed E-state index contributed by atoms with van der Waals surface area (Å²) < 4.78 is 17.1. The molecule has 5 nitrogen and oxygen atoms in total. The van der Waals surface area contributed by atoms with Crippen molar-refractivity contribution in [2.24, 2.45) is 0 Å². The van der Waals surface area contributed by atoms with Crippen molar-refractivity contribution in [2.75, 3.05) is 14.2 Å². The summed E-state index contributed by atoms with van der Waals surface area (Å²) >= 11 is 0. The molecule has 0 saturated heterocycles. The fraction of sp³-hybridized carbons (Fsp3) is 0.0870. The second-order valence-electron chi connectivity index (χ2n) is 6.21. The maximum atomic E-state index is 12.1. The zero-order chi connectivity index (χ0) is 19.7. The van der Waals surface area contributed by atoms with E-state index in [1.165, 1.54) is 20.3 Å². The van der Waals surface area contributed by atoms with Crippen molar-refractivity contribution in [3.8, 4) is 33.9 Å². The van der Waals surface area contributed by atoms with Gasteiger partial charge in [0.1, 0.15) is 5.76 Å². The van der Waals surface area contributed by atoms with E-state index >= 15 is 0 Å². The van der Waals surface area contributed by atoms with E-state index in [4.69, 9.17) is 13.9 Å². The molecule has 1 aromatic heterocycles. The highest BCUT2D eigenvalue weighted by Crippen LogP contribution is 2.48. The number of carboxylic acids is 1. The first kappa shape index (κ1) is 17.7. The van der Waals surface area contributed by atoms with Crippen LogP contribution in [0.15, 0.2) is 71.1 Å². The van der Waals surface area contributed by atoms with Gasteiger partial charge in [-0.2, -0.15) is 0 Å². The summed E-state index contributed by atoms with van der Waals surface area (Å²) in [6.07, 6.45) is 0. The molecule has 0 bridgehead atoms. The Morgan fingerprint density at radius 2 is 1.50 bits per heavy atom. The quantitative estimate of drug-likeness (QED) is 0.501. The molecule has 0 amide bonds. The van der Waals surface area contributed by atoms with Crippen LogP contribution in [0, 0.1) is 0 Å². The van der Waals surface area contributed by atoms with Gasteiger partial charge in [0.2, 0.25) is 5.75 Å². The summed E-state index contributed by atoms with van der Waals surface area (Å²) in [6, 6.07) is 20.6. The summed E-state index contributed by atoms with van der Waals surface area (Å²) in [5.41, 5.74) is 2.85. The van der Waals surface area contributed by atoms with Crippen LogP contribution in [0.1, 0.15) is 10.4 Å². The zero-order valence-corrected chi connectivity index (χ0v) is 15.4. The molecule has 140 valence electrons. The number of rotatable bonds is 5. The maximum Gasteiger partial charge on any atom is 0.336 e. The Morgan fingerprint density at radius 1 is 0.893 bits per heavy atom. The van der Waals surface area contributed by atoms with Gasteiger partial charge in [0.25, 0.3) is 0 Å². The molecule has 0 aliphatic rings. The van der Waals surface area contributed by atoms with Gasteiger partial charge < -0.3 is 19.0 Å². The second kappa shape index (κ2) is 7.12. The number of hydrogen-bond donors (Lipinski definition) is 1. The molecule has 0 atom stereocenters. The van der Waals surface area contributed by atoms with Gasteiger partial charge in [-0.15, -0.1) is 0 Å². The summed E-state index contributed by atoms with van der Waals surface area (Å²) in [5, 5.41) is 10.4. The van der Waals surface area contributed by atoms with Crippen LogP contribution < -0.4 is 9.47 Å². The molecule has 1 N–H and O–H groups in total. The third-order valence-corrected chi connectivity index (χ3v) is 4.64. The number of carbonyl (C=O) groups is 1. The summed E-state index contributed by atoms with van der Waals surface area (Å²) in [7, 11) is 2.97. The van der Waals surface area contributed by atoms with Gasteiger partial charge in [0.05, 0.1) is 19.8 Å². The number of benzene rings is 3. The van der Waals surface area contributed by atoms with E-state index < -0.39 is 5.97 Å². The minimum absolute atomic E-state index is 0.0948. The molecule has 0 spiro atoms. The molecule has 4 aromatic rings. The number of hydrogen-bond acceptors (Lipinski definition) is 4. The standard InChI is InChI=1S/C23H18O5/c1-26-17-13-16(23(24)25)19-18(14-9-5-3-6-10-14)20(15-11-7-4-8-12-15)28-22(19)21(17)27-2/h3-13H,1-2H3,(H,24,25). The first-order valence-electron chi connectivity index (χ1n) is 8.71. The SMILES string of the molecule is COc1cc(C(=O)O)c2c(-c3ccccc3)c(-c3ccccc3)oc2c1OC. The maximum absolute atomic E-state index is 12.1. The highest BCUT2D eigenvalue weighted by molar-refractivity contribution is 6.14. The van der Waals surface area contributed by atoms with E-state index in [1.807, 2.05) is 60.7 Å². The highest BCUT2D eigenvalue weighted by atomic mass is 16.5. The van der Waals surface area contributed by atoms with Crippen LogP contribution in [0.4, 0.5) is 0 Å². The highest BCUT2D eigenvalue weighted by Gasteiger charge is 2.27. The number of aromatic carboxylic acids is 1. The third kappa shape index (κ3) is 2.77. The normalized spacial score (nSPS) is 10.8. The van der Waals surface area contributed by atoms with E-state index in [1.54, 1.807) is 0 Å². The first-order valence-corrected chi connectivity index (χ1v) is 8.71. The van der Waals surface area contributed by atoms with Crippen molar-refractivity contribution < 1.29 is 23.8 Å². The molecule has 0 radical (unpaired) electrons. The van der Waals surface area contributed by atoms with Crippen LogP contribution in [0.2, 0.25) is 0 Å². The van der Waals surface area contributed by atoms with Crippen molar-refractivity contribution >= 4 is 16.9 Å². The molecule has 0 saturated carbocycles. The second-order valence-corrected chi connectivity index (χ2v) is 6.21. The smallest absolute Gasteiger partial charge is 0.336 e. The molecular weight excluding hydrogens is 356 g/mol. The predicted octanol–water partition coefficient (Wildman–Crippen LogP) is 5.48. The Morgan fingerprint density at radius 3 is 2.04 bits per heavy atom. The number of carboxylic acid groups (broad SMARTS) is 1. The van der Waals surface area contributed by atoms with Crippen molar-refractivity contribution in [1.82, 2.24) is 0 Å². The number of methoxy groups -OCH3 is 2. The van der Waals surface area contributed by atoms with Crippen LogP contribution in [0.5, 0.6) is 11.5 Å². The Hall–Kier alpha value is -3.73. The lowest BCUT2D eigenvalue weighted by atomic mass is 9.95. The summed E-state index contributed by atoms with van der Waals surface area (Å²) in [6.45, 7) is 0. The molecule has 1 heterocycles. The lowest BCUT2D eigenvalue weighted by Gasteiger charge is -2.10.